The molecule has 1 atom stereocenters. The SMILES string of the molecule is CC(Sc1ccc(NC(=O)c2ccc([N+](=O)[O-])cc2)cc1)C(=O)Nc1ccc([N+](=O)[O-])cc1. The zero-order valence-electron chi connectivity index (χ0n) is 17.3. The molecule has 0 aliphatic heterocycles. The van der Waals surface area contributed by atoms with Gasteiger partial charge < -0.3 is 10.6 Å². The molecule has 1 unspecified atom stereocenters. The molecule has 0 bridgehead atoms. The zero-order valence-corrected chi connectivity index (χ0v) is 18.1. The number of hydrogen-bond acceptors (Lipinski definition) is 7. The number of benzene rings is 3. The molecule has 0 heterocycles. The van der Waals surface area contributed by atoms with Crippen LogP contribution in [0.15, 0.2) is 77.7 Å². The van der Waals surface area contributed by atoms with E-state index in [0.717, 1.165) is 4.90 Å². The molecular formula is C22H18N4O6S. The summed E-state index contributed by atoms with van der Waals surface area (Å²) < 4.78 is 0. The van der Waals surface area contributed by atoms with Crippen molar-refractivity contribution < 1.29 is 19.4 Å². The van der Waals surface area contributed by atoms with Crippen LogP contribution in [0.2, 0.25) is 0 Å². The van der Waals surface area contributed by atoms with Crippen LogP contribution in [0, 0.1) is 20.2 Å². The Morgan fingerprint density at radius 2 is 1.21 bits per heavy atom. The minimum atomic E-state index is -0.536. The number of nitrogens with zero attached hydrogens (tertiary/aromatic N) is 2. The lowest BCUT2D eigenvalue weighted by Gasteiger charge is -2.12. The predicted octanol–water partition coefficient (Wildman–Crippen LogP) is 4.87. The fourth-order valence-corrected chi connectivity index (χ4v) is 3.59. The number of nitro benzene ring substituents is 2. The van der Waals surface area contributed by atoms with E-state index in [1.807, 2.05) is 0 Å². The van der Waals surface area contributed by atoms with Crippen LogP contribution < -0.4 is 10.6 Å². The molecular weight excluding hydrogens is 448 g/mol. The first-order valence-electron chi connectivity index (χ1n) is 9.61. The van der Waals surface area contributed by atoms with Crippen molar-refractivity contribution >= 4 is 46.3 Å². The number of anilines is 2. The second-order valence-electron chi connectivity index (χ2n) is 6.84. The number of non-ortho nitro benzene ring substituents is 2. The number of rotatable bonds is 8. The highest BCUT2D eigenvalue weighted by Crippen LogP contribution is 2.26. The maximum Gasteiger partial charge on any atom is 0.269 e. The normalized spacial score (nSPS) is 11.3. The molecule has 11 heteroatoms. The molecule has 3 rings (SSSR count). The molecule has 3 aromatic carbocycles. The van der Waals surface area contributed by atoms with Gasteiger partial charge in [-0.25, -0.2) is 0 Å². The molecule has 33 heavy (non-hydrogen) atoms. The van der Waals surface area contributed by atoms with Gasteiger partial charge in [0.1, 0.15) is 0 Å². The van der Waals surface area contributed by atoms with Crippen LogP contribution in [0.25, 0.3) is 0 Å². The Hall–Kier alpha value is -4.25. The first kappa shape index (κ1) is 23.4. The highest BCUT2D eigenvalue weighted by atomic mass is 32.2. The Kier molecular flexibility index (Phi) is 7.36. The standard InChI is InChI=1S/C22H18N4O6S/c1-14(21(27)23-16-4-10-19(11-5-16)26(31)32)33-20-12-6-17(7-13-20)24-22(28)15-2-8-18(9-3-15)25(29)30/h2-14H,1H3,(H,23,27)(H,24,28). The minimum absolute atomic E-state index is 0.0591. The van der Waals surface area contributed by atoms with E-state index >= 15 is 0 Å². The molecule has 3 aromatic rings. The Bertz CT molecular complexity index is 1180. The number of amides is 2. The molecule has 0 fully saturated rings. The van der Waals surface area contributed by atoms with Crippen LogP contribution in [-0.4, -0.2) is 26.9 Å². The molecule has 168 valence electrons. The number of carbonyl (C=O) groups excluding carboxylic acids is 2. The molecule has 0 saturated heterocycles. The third kappa shape index (κ3) is 6.37. The maximum absolute atomic E-state index is 12.4. The summed E-state index contributed by atoms with van der Waals surface area (Å²) in [5, 5.41) is 26.4. The van der Waals surface area contributed by atoms with E-state index in [4.69, 9.17) is 0 Å². The van der Waals surface area contributed by atoms with Crippen molar-refractivity contribution in [2.45, 2.75) is 17.1 Å². The number of hydrogen-bond donors (Lipinski definition) is 2. The van der Waals surface area contributed by atoms with E-state index in [2.05, 4.69) is 10.6 Å². The average molecular weight is 466 g/mol. The monoisotopic (exact) mass is 466 g/mol. The van der Waals surface area contributed by atoms with Gasteiger partial charge in [0.05, 0.1) is 15.1 Å². The smallest absolute Gasteiger partial charge is 0.269 e. The van der Waals surface area contributed by atoms with Gasteiger partial charge in [-0.1, -0.05) is 0 Å². The van der Waals surface area contributed by atoms with E-state index < -0.39 is 21.0 Å². The molecule has 0 saturated carbocycles. The second kappa shape index (κ2) is 10.4. The summed E-state index contributed by atoms with van der Waals surface area (Å²) in [5.74, 6) is -0.662. The summed E-state index contributed by atoms with van der Waals surface area (Å²) in [6, 6.07) is 17.7. The summed E-state index contributed by atoms with van der Waals surface area (Å²) >= 11 is 1.31. The molecule has 0 radical (unpaired) electrons. The van der Waals surface area contributed by atoms with Crippen molar-refractivity contribution in [3.8, 4) is 0 Å². The van der Waals surface area contributed by atoms with E-state index in [1.165, 1.54) is 60.3 Å². The fourth-order valence-electron chi connectivity index (χ4n) is 2.72. The van der Waals surface area contributed by atoms with Crippen molar-refractivity contribution in [2.24, 2.45) is 0 Å². The highest BCUT2D eigenvalue weighted by molar-refractivity contribution is 8.00. The van der Waals surface area contributed by atoms with E-state index in [-0.39, 0.29) is 22.8 Å². The van der Waals surface area contributed by atoms with Crippen LogP contribution in [0.1, 0.15) is 17.3 Å². The van der Waals surface area contributed by atoms with Crippen molar-refractivity contribution in [3.63, 3.8) is 0 Å². The Balaban J connectivity index is 1.54. The van der Waals surface area contributed by atoms with Gasteiger partial charge in [0.25, 0.3) is 17.3 Å². The van der Waals surface area contributed by atoms with Gasteiger partial charge in [0.2, 0.25) is 5.91 Å². The van der Waals surface area contributed by atoms with Gasteiger partial charge in [-0.05, 0) is 55.5 Å². The average Bonchev–Trinajstić information content (AvgIpc) is 2.80. The summed E-state index contributed by atoms with van der Waals surface area (Å²) in [7, 11) is 0. The predicted molar refractivity (Wildman–Crippen MR) is 125 cm³/mol. The largest absolute Gasteiger partial charge is 0.325 e. The van der Waals surface area contributed by atoms with Gasteiger partial charge in [-0.2, -0.15) is 0 Å². The molecule has 0 aliphatic carbocycles. The Labute approximate surface area is 192 Å². The lowest BCUT2D eigenvalue weighted by Crippen LogP contribution is -2.22. The minimum Gasteiger partial charge on any atom is -0.325 e. The molecule has 0 aromatic heterocycles. The van der Waals surface area contributed by atoms with Gasteiger partial charge >= 0.3 is 0 Å². The van der Waals surface area contributed by atoms with E-state index in [9.17, 15) is 29.8 Å². The quantitative estimate of drug-likeness (QED) is 0.273. The van der Waals surface area contributed by atoms with Crippen molar-refractivity contribution in [3.05, 3.63) is 98.6 Å². The van der Waals surface area contributed by atoms with Crippen LogP contribution >= 0.6 is 11.8 Å². The topological polar surface area (TPSA) is 144 Å². The Morgan fingerprint density at radius 3 is 1.73 bits per heavy atom. The summed E-state index contributed by atoms with van der Waals surface area (Å²) in [6.07, 6.45) is 0. The highest BCUT2D eigenvalue weighted by Gasteiger charge is 2.16. The van der Waals surface area contributed by atoms with Crippen LogP contribution in [-0.2, 0) is 4.79 Å². The van der Waals surface area contributed by atoms with Gasteiger partial charge in [0.15, 0.2) is 0 Å². The first-order valence-corrected chi connectivity index (χ1v) is 10.5. The second-order valence-corrected chi connectivity index (χ2v) is 8.25. The molecule has 10 nitrogen and oxygen atoms in total. The molecule has 2 N–H and O–H groups in total. The number of thioether (sulfide) groups is 1. The molecule has 0 spiro atoms. The summed E-state index contributed by atoms with van der Waals surface area (Å²) in [5.41, 5.74) is 1.12. The van der Waals surface area contributed by atoms with Crippen LogP contribution in [0.4, 0.5) is 22.7 Å². The molecule has 2 amide bonds. The molecule has 0 aliphatic rings. The first-order chi connectivity index (χ1) is 15.7. The number of nitrogens with one attached hydrogen (secondary N) is 2. The fraction of sp³-hybridized carbons (Fsp3) is 0.0909. The van der Waals surface area contributed by atoms with E-state index in [0.29, 0.717) is 11.4 Å². The lowest BCUT2D eigenvalue weighted by molar-refractivity contribution is -0.385. The lowest BCUT2D eigenvalue weighted by atomic mass is 10.2. The van der Waals surface area contributed by atoms with Gasteiger partial charge in [0, 0.05) is 46.1 Å². The van der Waals surface area contributed by atoms with Crippen LogP contribution in [0.3, 0.4) is 0 Å². The maximum atomic E-state index is 12.4. The summed E-state index contributed by atoms with van der Waals surface area (Å²) in [6.45, 7) is 1.73. The Morgan fingerprint density at radius 1 is 0.758 bits per heavy atom. The zero-order chi connectivity index (χ0) is 24.0. The van der Waals surface area contributed by atoms with Crippen molar-refractivity contribution in [1.29, 1.82) is 0 Å². The van der Waals surface area contributed by atoms with Gasteiger partial charge in [-0.3, -0.25) is 29.8 Å². The number of carbonyl (C=O) groups is 2. The third-order valence-electron chi connectivity index (χ3n) is 4.48. The van der Waals surface area contributed by atoms with Crippen molar-refractivity contribution in [2.75, 3.05) is 10.6 Å². The van der Waals surface area contributed by atoms with Crippen LogP contribution in [0.5, 0.6) is 0 Å². The third-order valence-corrected chi connectivity index (χ3v) is 5.59. The van der Waals surface area contributed by atoms with Gasteiger partial charge in [-0.15, -0.1) is 11.8 Å². The van der Waals surface area contributed by atoms with Crippen molar-refractivity contribution in [1.82, 2.24) is 0 Å². The summed E-state index contributed by atoms with van der Waals surface area (Å²) in [4.78, 5) is 45.9. The number of nitro groups is 2. The van der Waals surface area contributed by atoms with E-state index in [1.54, 1.807) is 31.2 Å².